The van der Waals surface area contributed by atoms with Crippen LogP contribution in [0.2, 0.25) is 0 Å². The van der Waals surface area contributed by atoms with Gasteiger partial charge in [0.2, 0.25) is 0 Å². The van der Waals surface area contributed by atoms with Crippen LogP contribution in [0.5, 0.6) is 0 Å². The first-order chi connectivity index (χ1) is 12.5. The molecule has 0 amide bonds. The zero-order valence-corrected chi connectivity index (χ0v) is 20.0. The van der Waals surface area contributed by atoms with Crippen LogP contribution in [0.15, 0.2) is 17.4 Å². The van der Waals surface area contributed by atoms with Crippen molar-refractivity contribution < 1.29 is 4.74 Å². The van der Waals surface area contributed by atoms with Crippen molar-refractivity contribution in [2.45, 2.75) is 78.5 Å². The highest BCUT2D eigenvalue weighted by Gasteiger charge is 2.49. The lowest BCUT2D eigenvalue weighted by Crippen LogP contribution is -2.63. The highest BCUT2D eigenvalue weighted by atomic mass is 127. The Morgan fingerprint density at radius 2 is 2.15 bits per heavy atom. The van der Waals surface area contributed by atoms with E-state index in [2.05, 4.69) is 45.9 Å². The first-order valence-electron chi connectivity index (χ1n) is 10.1. The molecule has 1 fully saturated rings. The molecule has 0 bridgehead atoms. The van der Waals surface area contributed by atoms with E-state index in [-0.39, 0.29) is 29.4 Å². The lowest BCUT2D eigenvalue weighted by Gasteiger charge is -2.52. The number of unbranched alkanes of at least 4 members (excludes halogenated alkanes) is 2. The summed E-state index contributed by atoms with van der Waals surface area (Å²) in [7, 11) is 1.84. The van der Waals surface area contributed by atoms with Gasteiger partial charge in [-0.15, -0.1) is 24.0 Å². The predicted octanol–water partition coefficient (Wildman–Crippen LogP) is 3.74. The van der Waals surface area contributed by atoms with Crippen LogP contribution in [-0.2, 0) is 11.3 Å². The van der Waals surface area contributed by atoms with Gasteiger partial charge in [-0.2, -0.15) is 0 Å². The number of aliphatic imine (C=N–C) groups is 1. The molecule has 1 saturated carbocycles. The average molecular weight is 491 g/mol. The highest BCUT2D eigenvalue weighted by molar-refractivity contribution is 14.0. The van der Waals surface area contributed by atoms with Crippen LogP contribution in [-0.4, -0.2) is 47.9 Å². The van der Waals surface area contributed by atoms with E-state index in [4.69, 9.17) is 4.74 Å². The molecule has 156 valence electrons. The Bertz CT molecular complexity index is 572. The molecule has 2 N–H and O–H groups in total. The van der Waals surface area contributed by atoms with E-state index in [9.17, 15) is 0 Å². The maximum Gasteiger partial charge on any atom is 0.191 e. The molecule has 6 nitrogen and oxygen atoms in total. The summed E-state index contributed by atoms with van der Waals surface area (Å²) in [5, 5.41) is 7.01. The molecule has 27 heavy (non-hydrogen) atoms. The highest BCUT2D eigenvalue weighted by Crippen LogP contribution is 2.42. The minimum absolute atomic E-state index is 0. The third-order valence-electron chi connectivity index (χ3n) is 5.57. The van der Waals surface area contributed by atoms with Crippen molar-refractivity contribution in [3.05, 3.63) is 18.2 Å². The third-order valence-corrected chi connectivity index (χ3v) is 5.57. The molecule has 0 spiro atoms. The first-order valence-corrected chi connectivity index (χ1v) is 10.1. The summed E-state index contributed by atoms with van der Waals surface area (Å²) in [6, 6.07) is 0.411. The molecular weight excluding hydrogens is 453 g/mol. The fourth-order valence-corrected chi connectivity index (χ4v) is 3.40. The normalized spacial score (nSPS) is 21.3. The monoisotopic (exact) mass is 491 g/mol. The average Bonchev–Trinajstić information content (AvgIpc) is 3.03. The Kier molecular flexibility index (Phi) is 10.7. The maximum absolute atomic E-state index is 6.03. The smallest absolute Gasteiger partial charge is 0.191 e. The van der Waals surface area contributed by atoms with Gasteiger partial charge in [0.25, 0.3) is 0 Å². The van der Waals surface area contributed by atoms with Crippen molar-refractivity contribution in [1.82, 2.24) is 20.2 Å². The van der Waals surface area contributed by atoms with E-state index in [0.29, 0.717) is 12.1 Å². The Hall–Kier alpha value is -0.830. The van der Waals surface area contributed by atoms with Gasteiger partial charge in [0.05, 0.1) is 6.10 Å². The van der Waals surface area contributed by atoms with Gasteiger partial charge in [-0.05, 0) is 32.6 Å². The van der Waals surface area contributed by atoms with Gasteiger partial charge in [-0.25, -0.2) is 4.98 Å². The largest absolute Gasteiger partial charge is 0.378 e. The van der Waals surface area contributed by atoms with Gasteiger partial charge in [0.1, 0.15) is 5.82 Å². The third kappa shape index (κ3) is 6.93. The molecule has 0 aliphatic heterocycles. The van der Waals surface area contributed by atoms with Gasteiger partial charge >= 0.3 is 0 Å². The number of halogens is 1. The van der Waals surface area contributed by atoms with Crippen molar-refractivity contribution in [3.8, 4) is 0 Å². The topological polar surface area (TPSA) is 63.5 Å². The van der Waals surface area contributed by atoms with Gasteiger partial charge < -0.3 is 19.9 Å². The number of rotatable bonds is 10. The van der Waals surface area contributed by atoms with E-state index in [0.717, 1.165) is 57.2 Å². The number of imidazole rings is 1. The van der Waals surface area contributed by atoms with Crippen molar-refractivity contribution in [2.24, 2.45) is 10.4 Å². The van der Waals surface area contributed by atoms with Crippen LogP contribution in [0.1, 0.15) is 58.7 Å². The standard InChI is InChI=1S/C20H37N5O.HI/c1-6-7-14-26-18-15-17(20(18,3)4)24-19(21-5)23-10-8-9-12-25-13-11-22-16(25)2;/h11,13,17-18H,6-10,12,14-15H2,1-5H3,(H2,21,23,24);1H. The number of hydrogen-bond acceptors (Lipinski definition) is 3. The van der Waals surface area contributed by atoms with Crippen LogP contribution in [0.3, 0.4) is 0 Å². The lowest BCUT2D eigenvalue weighted by molar-refractivity contribution is -0.113. The van der Waals surface area contributed by atoms with Crippen molar-refractivity contribution in [3.63, 3.8) is 0 Å². The van der Waals surface area contributed by atoms with Crippen LogP contribution < -0.4 is 10.6 Å². The molecule has 2 rings (SSSR count). The van der Waals surface area contributed by atoms with Gasteiger partial charge in [0.15, 0.2) is 5.96 Å². The summed E-state index contributed by atoms with van der Waals surface area (Å²) in [6.45, 7) is 11.6. The van der Waals surface area contributed by atoms with E-state index in [1.54, 1.807) is 0 Å². The minimum Gasteiger partial charge on any atom is -0.378 e. The molecule has 7 heteroatoms. The predicted molar refractivity (Wildman–Crippen MR) is 123 cm³/mol. The second-order valence-corrected chi connectivity index (χ2v) is 7.84. The number of hydrogen-bond donors (Lipinski definition) is 2. The fraction of sp³-hybridized carbons (Fsp3) is 0.800. The first kappa shape index (κ1) is 24.2. The number of ether oxygens (including phenoxy) is 1. The summed E-state index contributed by atoms with van der Waals surface area (Å²) in [6.07, 6.45) is 9.87. The molecule has 2 unspecified atom stereocenters. The van der Waals surface area contributed by atoms with Crippen molar-refractivity contribution in [1.29, 1.82) is 0 Å². The van der Waals surface area contributed by atoms with E-state index < -0.39 is 0 Å². The van der Waals surface area contributed by atoms with E-state index in [1.807, 2.05) is 26.4 Å². The second kappa shape index (κ2) is 11.9. The number of aryl methyl sites for hydroxylation is 2. The van der Waals surface area contributed by atoms with Crippen LogP contribution >= 0.6 is 24.0 Å². The zero-order chi connectivity index (χ0) is 19.0. The van der Waals surface area contributed by atoms with Crippen molar-refractivity contribution >= 4 is 29.9 Å². The number of aromatic nitrogens is 2. The molecule has 1 heterocycles. The van der Waals surface area contributed by atoms with Crippen LogP contribution in [0, 0.1) is 12.3 Å². The van der Waals surface area contributed by atoms with Crippen molar-refractivity contribution in [2.75, 3.05) is 20.2 Å². The summed E-state index contributed by atoms with van der Waals surface area (Å²) in [4.78, 5) is 8.63. The molecule has 0 radical (unpaired) electrons. The SMILES string of the molecule is CCCCOC1CC(NC(=NC)NCCCCn2ccnc2C)C1(C)C.I. The number of nitrogens with zero attached hydrogens (tertiary/aromatic N) is 3. The Balaban J connectivity index is 0.00000364. The second-order valence-electron chi connectivity index (χ2n) is 7.84. The lowest BCUT2D eigenvalue weighted by atomic mass is 9.64. The summed E-state index contributed by atoms with van der Waals surface area (Å²) < 4.78 is 8.23. The van der Waals surface area contributed by atoms with Gasteiger partial charge in [-0.1, -0.05) is 27.2 Å². The summed E-state index contributed by atoms with van der Waals surface area (Å²) in [5.74, 6) is 1.98. The van der Waals surface area contributed by atoms with Crippen LogP contribution in [0.4, 0.5) is 0 Å². The fourth-order valence-electron chi connectivity index (χ4n) is 3.40. The number of nitrogens with one attached hydrogen (secondary N) is 2. The van der Waals surface area contributed by atoms with Gasteiger partial charge in [-0.3, -0.25) is 4.99 Å². The quantitative estimate of drug-likeness (QED) is 0.227. The summed E-state index contributed by atoms with van der Waals surface area (Å²) >= 11 is 0. The van der Waals surface area contributed by atoms with Gasteiger partial charge in [0, 0.05) is 50.6 Å². The molecule has 0 saturated heterocycles. The van der Waals surface area contributed by atoms with Crippen LogP contribution in [0.25, 0.3) is 0 Å². The molecular formula is C20H38IN5O. The molecule has 1 aliphatic carbocycles. The molecule has 1 aliphatic rings. The Labute approximate surface area is 182 Å². The summed E-state index contributed by atoms with van der Waals surface area (Å²) in [5.41, 5.74) is 0.143. The maximum atomic E-state index is 6.03. The Morgan fingerprint density at radius 3 is 2.74 bits per heavy atom. The molecule has 2 atom stereocenters. The van der Waals surface area contributed by atoms with E-state index in [1.165, 1.54) is 6.42 Å². The molecule has 0 aromatic carbocycles. The zero-order valence-electron chi connectivity index (χ0n) is 17.6. The molecule has 1 aromatic heterocycles. The molecule has 1 aromatic rings. The minimum atomic E-state index is 0. The number of guanidine groups is 1. The Morgan fingerprint density at radius 1 is 1.37 bits per heavy atom. The van der Waals surface area contributed by atoms with E-state index >= 15 is 0 Å².